The molecule has 5 heteroatoms. The molecule has 0 atom stereocenters. The number of methoxy groups -OCH3 is 1. The highest BCUT2D eigenvalue weighted by atomic mass is 35.5. The van der Waals surface area contributed by atoms with Gasteiger partial charge in [0.05, 0.1) is 17.4 Å². The first-order chi connectivity index (χ1) is 6.74. The Kier molecular flexibility index (Phi) is 2.39. The van der Waals surface area contributed by atoms with E-state index < -0.39 is 0 Å². The Morgan fingerprint density at radius 1 is 1.64 bits per heavy atom. The first-order valence-corrected chi connectivity index (χ1v) is 5.10. The number of carbonyl (C=O) groups is 1. The molecule has 3 nitrogen and oxygen atoms in total. The molecule has 0 amide bonds. The number of ether oxygens (including phenoxy) is 1. The van der Waals surface area contributed by atoms with Crippen LogP contribution in [0.1, 0.15) is 10.4 Å². The van der Waals surface area contributed by atoms with Crippen LogP contribution in [0.15, 0.2) is 17.6 Å². The molecular formula is C9H6ClNO2S. The fraction of sp³-hybridized carbons (Fsp3) is 0.111. The average Bonchev–Trinajstić information content (AvgIpc) is 2.62. The van der Waals surface area contributed by atoms with Crippen molar-refractivity contribution in [3.63, 3.8) is 0 Å². The number of hydrogen-bond donors (Lipinski definition) is 0. The summed E-state index contributed by atoms with van der Waals surface area (Å²) in [6.45, 7) is 0. The molecule has 0 bridgehead atoms. The van der Waals surface area contributed by atoms with Gasteiger partial charge in [0.15, 0.2) is 0 Å². The molecule has 0 spiro atoms. The Morgan fingerprint density at radius 3 is 3.14 bits per heavy atom. The van der Waals surface area contributed by atoms with Crippen molar-refractivity contribution in [3.05, 3.63) is 28.4 Å². The normalized spacial score (nSPS) is 10.4. The quantitative estimate of drug-likeness (QED) is 0.556. The Labute approximate surface area is 89.3 Å². The van der Waals surface area contributed by atoms with Gasteiger partial charge in [-0.05, 0) is 6.07 Å². The zero-order valence-electron chi connectivity index (χ0n) is 7.28. The Bertz CT molecular complexity index is 495. The second-order valence-corrected chi connectivity index (χ2v) is 3.86. The fourth-order valence-corrected chi connectivity index (χ4v) is 2.40. The van der Waals surface area contributed by atoms with Gasteiger partial charge in [-0.2, -0.15) is 0 Å². The van der Waals surface area contributed by atoms with E-state index in [9.17, 15) is 4.79 Å². The van der Waals surface area contributed by atoms with Gasteiger partial charge in [-0.3, -0.25) is 0 Å². The third kappa shape index (κ3) is 1.36. The minimum Gasteiger partial charge on any atom is -0.465 e. The number of halogens is 1. The van der Waals surface area contributed by atoms with E-state index in [4.69, 9.17) is 11.6 Å². The van der Waals surface area contributed by atoms with E-state index in [0.717, 1.165) is 10.1 Å². The fourth-order valence-electron chi connectivity index (χ4n) is 1.20. The monoisotopic (exact) mass is 227 g/mol. The highest BCUT2D eigenvalue weighted by Crippen LogP contribution is 2.30. The summed E-state index contributed by atoms with van der Waals surface area (Å²) in [5, 5.41) is 2.94. The van der Waals surface area contributed by atoms with E-state index in [-0.39, 0.29) is 5.97 Å². The van der Waals surface area contributed by atoms with Gasteiger partial charge in [0.25, 0.3) is 0 Å². The zero-order valence-corrected chi connectivity index (χ0v) is 8.85. The third-order valence-corrected chi connectivity index (χ3v) is 3.25. The molecular weight excluding hydrogens is 222 g/mol. The lowest BCUT2D eigenvalue weighted by molar-refractivity contribution is 0.0603. The summed E-state index contributed by atoms with van der Waals surface area (Å²) in [6.07, 6.45) is 1.57. The van der Waals surface area contributed by atoms with Crippen molar-refractivity contribution in [3.8, 4) is 0 Å². The molecule has 0 aliphatic carbocycles. The van der Waals surface area contributed by atoms with Crippen molar-refractivity contribution in [2.24, 2.45) is 0 Å². The maximum Gasteiger partial charge on any atom is 0.339 e. The minimum atomic E-state index is -0.349. The highest BCUT2D eigenvalue weighted by molar-refractivity contribution is 7.18. The molecule has 0 unspecified atom stereocenters. The molecule has 0 fully saturated rings. The Morgan fingerprint density at radius 2 is 2.43 bits per heavy atom. The molecule has 72 valence electrons. The number of pyridine rings is 1. The summed E-state index contributed by atoms with van der Waals surface area (Å²) in [4.78, 5) is 15.3. The molecule has 0 saturated heterocycles. The van der Waals surface area contributed by atoms with Gasteiger partial charge in [0.1, 0.15) is 5.15 Å². The van der Waals surface area contributed by atoms with Crippen molar-refractivity contribution in [1.29, 1.82) is 0 Å². The standard InChI is InChI=1S/C9H6ClNO2S/c1-13-9(12)6-4-14-7-5(6)2-3-11-8(7)10/h2-4H,1H3. The molecule has 0 aliphatic heterocycles. The summed E-state index contributed by atoms with van der Waals surface area (Å²) >= 11 is 7.25. The lowest BCUT2D eigenvalue weighted by atomic mass is 10.2. The summed E-state index contributed by atoms with van der Waals surface area (Å²) in [7, 11) is 1.36. The molecule has 0 aromatic carbocycles. The minimum absolute atomic E-state index is 0.349. The van der Waals surface area contributed by atoms with E-state index >= 15 is 0 Å². The van der Waals surface area contributed by atoms with Gasteiger partial charge < -0.3 is 4.74 Å². The first-order valence-electron chi connectivity index (χ1n) is 3.84. The molecule has 0 aliphatic rings. The highest BCUT2D eigenvalue weighted by Gasteiger charge is 2.13. The molecule has 14 heavy (non-hydrogen) atoms. The topological polar surface area (TPSA) is 39.2 Å². The largest absolute Gasteiger partial charge is 0.465 e. The maximum atomic E-state index is 11.3. The van der Waals surface area contributed by atoms with Crippen LogP contribution in [0.25, 0.3) is 10.1 Å². The SMILES string of the molecule is COC(=O)c1csc2c(Cl)nccc12. The summed E-state index contributed by atoms with van der Waals surface area (Å²) in [5.41, 5.74) is 0.539. The smallest absolute Gasteiger partial charge is 0.339 e. The number of fused-ring (bicyclic) bond motifs is 1. The van der Waals surface area contributed by atoms with E-state index in [2.05, 4.69) is 9.72 Å². The number of esters is 1. The molecule has 0 saturated carbocycles. The van der Waals surface area contributed by atoms with Gasteiger partial charge in [0, 0.05) is 17.0 Å². The molecule has 0 radical (unpaired) electrons. The van der Waals surface area contributed by atoms with Crippen LogP contribution in [0.3, 0.4) is 0 Å². The number of carbonyl (C=O) groups excluding carboxylic acids is 1. The van der Waals surface area contributed by atoms with Gasteiger partial charge in [-0.15, -0.1) is 11.3 Å². The Hall–Kier alpha value is -1.13. The lowest BCUT2D eigenvalue weighted by Gasteiger charge is -1.96. The number of aromatic nitrogens is 1. The predicted molar refractivity (Wildman–Crippen MR) is 56.0 cm³/mol. The van der Waals surface area contributed by atoms with Crippen LogP contribution in [-0.2, 0) is 4.74 Å². The van der Waals surface area contributed by atoms with Crippen LogP contribution in [-0.4, -0.2) is 18.1 Å². The lowest BCUT2D eigenvalue weighted by Crippen LogP contribution is -1.99. The zero-order chi connectivity index (χ0) is 10.1. The molecule has 2 heterocycles. The first kappa shape index (κ1) is 9.43. The van der Waals surface area contributed by atoms with Crippen molar-refractivity contribution >= 4 is 39.0 Å². The van der Waals surface area contributed by atoms with E-state index in [1.165, 1.54) is 18.4 Å². The molecule has 2 aromatic rings. The summed E-state index contributed by atoms with van der Waals surface area (Å²) in [6, 6.07) is 1.75. The maximum absolute atomic E-state index is 11.3. The predicted octanol–water partition coefficient (Wildman–Crippen LogP) is 2.74. The number of nitrogens with zero attached hydrogens (tertiary/aromatic N) is 1. The van der Waals surface area contributed by atoms with E-state index in [0.29, 0.717) is 10.7 Å². The third-order valence-electron chi connectivity index (χ3n) is 1.85. The van der Waals surface area contributed by atoms with Crippen LogP contribution >= 0.6 is 22.9 Å². The van der Waals surface area contributed by atoms with Crippen LogP contribution < -0.4 is 0 Å². The number of thiophene rings is 1. The number of rotatable bonds is 1. The molecule has 2 rings (SSSR count). The Balaban J connectivity index is 2.70. The van der Waals surface area contributed by atoms with Crippen LogP contribution in [0, 0.1) is 0 Å². The van der Waals surface area contributed by atoms with Crippen LogP contribution in [0.4, 0.5) is 0 Å². The molecule has 0 N–H and O–H groups in total. The van der Waals surface area contributed by atoms with Gasteiger partial charge in [-0.1, -0.05) is 11.6 Å². The van der Waals surface area contributed by atoms with Crippen molar-refractivity contribution in [2.45, 2.75) is 0 Å². The number of hydrogen-bond acceptors (Lipinski definition) is 4. The van der Waals surface area contributed by atoms with E-state index in [1.807, 2.05) is 0 Å². The summed E-state index contributed by atoms with van der Waals surface area (Å²) in [5.74, 6) is -0.349. The van der Waals surface area contributed by atoms with Crippen molar-refractivity contribution in [1.82, 2.24) is 4.98 Å². The van der Waals surface area contributed by atoms with Gasteiger partial charge in [-0.25, -0.2) is 9.78 Å². The second kappa shape index (κ2) is 3.55. The average molecular weight is 228 g/mol. The van der Waals surface area contributed by atoms with Crippen molar-refractivity contribution in [2.75, 3.05) is 7.11 Å². The van der Waals surface area contributed by atoms with Crippen LogP contribution in [0.2, 0.25) is 5.15 Å². The van der Waals surface area contributed by atoms with Crippen LogP contribution in [0.5, 0.6) is 0 Å². The molecule has 2 aromatic heterocycles. The van der Waals surface area contributed by atoms with Gasteiger partial charge in [0.2, 0.25) is 0 Å². The second-order valence-electron chi connectivity index (χ2n) is 2.62. The van der Waals surface area contributed by atoms with Crippen molar-refractivity contribution < 1.29 is 9.53 Å². The van der Waals surface area contributed by atoms with E-state index in [1.54, 1.807) is 17.6 Å². The van der Waals surface area contributed by atoms with Gasteiger partial charge >= 0.3 is 5.97 Å². The summed E-state index contributed by atoms with van der Waals surface area (Å²) < 4.78 is 5.46.